The molecule has 0 atom stereocenters. The van der Waals surface area contributed by atoms with Gasteiger partial charge < -0.3 is 10.3 Å². The topological polar surface area (TPSA) is 98.6 Å². The Morgan fingerprint density at radius 3 is 3.12 bits per heavy atom. The summed E-state index contributed by atoms with van der Waals surface area (Å²) in [7, 11) is 0. The number of nitrogens with zero attached hydrogens (tertiary/aromatic N) is 2. The summed E-state index contributed by atoms with van der Waals surface area (Å²) in [6, 6.07) is 3.70. The molecule has 0 fully saturated rings. The van der Waals surface area contributed by atoms with Gasteiger partial charge in [-0.05, 0) is 42.7 Å². The quantitative estimate of drug-likeness (QED) is 0.514. The third-order valence-electron chi connectivity index (χ3n) is 4.18. The van der Waals surface area contributed by atoms with Crippen molar-refractivity contribution in [3.8, 4) is 6.07 Å². The van der Waals surface area contributed by atoms with Crippen molar-refractivity contribution in [2.45, 2.75) is 30.8 Å². The van der Waals surface area contributed by atoms with Crippen LogP contribution in [0, 0.1) is 11.3 Å². The second-order valence-corrected chi connectivity index (χ2v) is 8.84. The van der Waals surface area contributed by atoms with E-state index in [1.54, 1.807) is 22.8 Å². The first kappa shape index (κ1) is 17.3. The molecule has 2 N–H and O–H groups in total. The van der Waals surface area contributed by atoms with Crippen molar-refractivity contribution >= 4 is 55.6 Å². The van der Waals surface area contributed by atoms with Crippen molar-refractivity contribution < 1.29 is 4.79 Å². The number of amides is 1. The molecule has 0 unspecified atom stereocenters. The van der Waals surface area contributed by atoms with Gasteiger partial charge in [-0.25, -0.2) is 4.98 Å². The van der Waals surface area contributed by atoms with E-state index in [9.17, 15) is 9.59 Å². The summed E-state index contributed by atoms with van der Waals surface area (Å²) in [4.78, 5) is 34.0. The molecule has 0 bridgehead atoms. The zero-order chi connectivity index (χ0) is 18.1. The molecule has 1 amide bonds. The van der Waals surface area contributed by atoms with Crippen molar-refractivity contribution in [2.75, 3.05) is 11.1 Å². The van der Waals surface area contributed by atoms with Crippen LogP contribution >= 0.6 is 34.4 Å². The Bertz CT molecular complexity index is 1090. The Hall–Kier alpha value is -2.15. The number of nitrogens with one attached hydrogen (secondary N) is 2. The Labute approximate surface area is 161 Å². The van der Waals surface area contributed by atoms with E-state index >= 15 is 0 Å². The molecule has 0 radical (unpaired) electrons. The third kappa shape index (κ3) is 3.28. The number of fused-ring (bicyclic) bond motifs is 3. The van der Waals surface area contributed by atoms with E-state index in [4.69, 9.17) is 5.26 Å². The molecule has 3 heterocycles. The molecule has 0 spiro atoms. The maximum atomic E-state index is 12.5. The van der Waals surface area contributed by atoms with E-state index < -0.39 is 0 Å². The number of H-pyrrole nitrogens is 1. The van der Waals surface area contributed by atoms with Crippen LogP contribution < -0.4 is 10.9 Å². The number of anilines is 1. The van der Waals surface area contributed by atoms with E-state index in [2.05, 4.69) is 15.3 Å². The smallest absolute Gasteiger partial charge is 0.260 e. The molecule has 3 aromatic heterocycles. The van der Waals surface area contributed by atoms with E-state index in [1.165, 1.54) is 28.0 Å². The summed E-state index contributed by atoms with van der Waals surface area (Å²) < 4.78 is 0. The van der Waals surface area contributed by atoms with E-state index in [0.717, 1.165) is 41.5 Å². The molecule has 6 nitrogen and oxygen atoms in total. The SMILES string of the molecule is N#Cc1ccsc1NC(=O)CSc1nc2sc3c(c2c(=O)[nH]1)CCCC3. The number of rotatable bonds is 4. The average molecular weight is 403 g/mol. The van der Waals surface area contributed by atoms with Gasteiger partial charge in [-0.2, -0.15) is 5.26 Å². The number of hydrogen-bond acceptors (Lipinski definition) is 7. The first-order valence-electron chi connectivity index (χ1n) is 8.10. The minimum absolute atomic E-state index is 0.113. The average Bonchev–Trinajstić information content (AvgIpc) is 3.23. The molecule has 26 heavy (non-hydrogen) atoms. The Balaban J connectivity index is 1.50. The van der Waals surface area contributed by atoms with E-state index in [-0.39, 0.29) is 17.2 Å². The summed E-state index contributed by atoms with van der Waals surface area (Å²) in [5.41, 5.74) is 1.48. The number of thioether (sulfide) groups is 1. The van der Waals surface area contributed by atoms with Gasteiger partial charge in [0, 0.05) is 4.88 Å². The maximum absolute atomic E-state index is 12.5. The fourth-order valence-corrected chi connectivity index (χ4v) is 5.74. The van der Waals surface area contributed by atoms with Crippen molar-refractivity contribution in [3.05, 3.63) is 37.8 Å². The van der Waals surface area contributed by atoms with E-state index in [0.29, 0.717) is 15.7 Å². The highest BCUT2D eigenvalue weighted by Gasteiger charge is 2.20. The summed E-state index contributed by atoms with van der Waals surface area (Å²) in [5.74, 6) is -0.121. The molecule has 4 rings (SSSR count). The Morgan fingerprint density at radius 1 is 1.42 bits per heavy atom. The van der Waals surface area contributed by atoms with Gasteiger partial charge in [-0.1, -0.05) is 11.8 Å². The first-order chi connectivity index (χ1) is 12.7. The monoisotopic (exact) mass is 402 g/mol. The lowest BCUT2D eigenvalue weighted by atomic mass is 9.97. The van der Waals surface area contributed by atoms with Crippen LogP contribution in [-0.4, -0.2) is 21.6 Å². The van der Waals surface area contributed by atoms with Gasteiger partial charge in [0.05, 0.1) is 16.7 Å². The van der Waals surface area contributed by atoms with Gasteiger partial charge in [0.25, 0.3) is 5.56 Å². The molecule has 132 valence electrons. The lowest BCUT2D eigenvalue weighted by Gasteiger charge is -2.09. The molecule has 3 aromatic rings. The minimum atomic E-state index is -0.234. The molecular weight excluding hydrogens is 388 g/mol. The van der Waals surface area contributed by atoms with Crippen LogP contribution in [0.2, 0.25) is 0 Å². The molecule has 0 saturated carbocycles. The van der Waals surface area contributed by atoms with Crippen LogP contribution in [0.1, 0.15) is 28.8 Å². The van der Waals surface area contributed by atoms with Crippen molar-refractivity contribution in [3.63, 3.8) is 0 Å². The van der Waals surface area contributed by atoms with Crippen molar-refractivity contribution in [1.29, 1.82) is 5.26 Å². The standard InChI is InChI=1S/C17H14N4O2S3/c18-7-9-5-6-24-15(9)19-12(22)8-25-17-20-14(23)13-10-3-1-2-4-11(10)26-16(13)21-17/h5-6H,1-4,8H2,(H,19,22)(H,20,21,23). The van der Waals surface area contributed by atoms with Gasteiger partial charge in [0.2, 0.25) is 5.91 Å². The van der Waals surface area contributed by atoms with Crippen LogP contribution in [0.5, 0.6) is 0 Å². The zero-order valence-electron chi connectivity index (χ0n) is 13.6. The van der Waals surface area contributed by atoms with Crippen LogP contribution in [0.25, 0.3) is 10.2 Å². The van der Waals surface area contributed by atoms with Gasteiger partial charge in [0.15, 0.2) is 5.16 Å². The fraction of sp³-hybridized carbons (Fsp3) is 0.294. The van der Waals surface area contributed by atoms with Crippen molar-refractivity contribution in [2.24, 2.45) is 0 Å². The van der Waals surface area contributed by atoms with Crippen LogP contribution in [0.15, 0.2) is 21.4 Å². The lowest BCUT2D eigenvalue weighted by molar-refractivity contribution is -0.113. The molecular formula is C17H14N4O2S3. The normalized spacial score (nSPS) is 13.3. The number of hydrogen-bond donors (Lipinski definition) is 2. The predicted molar refractivity (Wildman–Crippen MR) is 105 cm³/mol. The van der Waals surface area contributed by atoms with Gasteiger partial charge in [-0.3, -0.25) is 9.59 Å². The molecule has 0 aliphatic heterocycles. The van der Waals surface area contributed by atoms with Gasteiger partial charge >= 0.3 is 0 Å². The third-order valence-corrected chi connectivity index (χ3v) is 7.07. The van der Waals surface area contributed by atoms with Crippen LogP contribution in [0.4, 0.5) is 5.00 Å². The Morgan fingerprint density at radius 2 is 2.27 bits per heavy atom. The van der Waals surface area contributed by atoms with Crippen molar-refractivity contribution in [1.82, 2.24) is 9.97 Å². The highest BCUT2D eigenvalue weighted by molar-refractivity contribution is 7.99. The molecule has 9 heteroatoms. The minimum Gasteiger partial charge on any atom is -0.316 e. The number of aromatic nitrogens is 2. The summed E-state index contributed by atoms with van der Waals surface area (Å²) in [5, 5.41) is 15.2. The second-order valence-electron chi connectivity index (χ2n) is 5.87. The van der Waals surface area contributed by atoms with E-state index in [1.807, 2.05) is 6.07 Å². The first-order valence-corrected chi connectivity index (χ1v) is 10.8. The summed E-state index contributed by atoms with van der Waals surface area (Å²) >= 11 is 4.09. The number of carbonyl (C=O) groups is 1. The van der Waals surface area contributed by atoms with Gasteiger partial charge in [0.1, 0.15) is 15.9 Å². The number of aromatic amines is 1. The lowest BCUT2D eigenvalue weighted by Crippen LogP contribution is -2.15. The number of carbonyl (C=O) groups excluding carboxylic acids is 1. The molecule has 1 aliphatic carbocycles. The Kier molecular flexibility index (Phi) is 4.80. The largest absolute Gasteiger partial charge is 0.316 e. The molecule has 0 saturated heterocycles. The zero-order valence-corrected chi connectivity index (χ0v) is 16.1. The predicted octanol–water partition coefficient (Wildman–Crippen LogP) is 3.53. The molecule has 1 aliphatic rings. The van der Waals surface area contributed by atoms with Crippen LogP contribution in [-0.2, 0) is 17.6 Å². The second kappa shape index (κ2) is 7.23. The number of nitriles is 1. The number of thiophene rings is 2. The maximum Gasteiger partial charge on any atom is 0.260 e. The highest BCUT2D eigenvalue weighted by Crippen LogP contribution is 2.34. The number of aryl methyl sites for hydroxylation is 2. The molecule has 0 aromatic carbocycles. The highest BCUT2D eigenvalue weighted by atomic mass is 32.2. The summed E-state index contributed by atoms with van der Waals surface area (Å²) in [6.07, 6.45) is 4.23. The van der Waals surface area contributed by atoms with Crippen LogP contribution in [0.3, 0.4) is 0 Å². The van der Waals surface area contributed by atoms with Gasteiger partial charge in [-0.15, -0.1) is 22.7 Å². The summed E-state index contributed by atoms with van der Waals surface area (Å²) in [6.45, 7) is 0. The fourth-order valence-electron chi connectivity index (χ4n) is 3.00.